The Kier molecular flexibility index (Phi) is 109. The van der Waals surface area contributed by atoms with Crippen LogP contribution in [-0.2, 0) is 90.5 Å². The summed E-state index contributed by atoms with van der Waals surface area (Å²) < 4.78 is 60.3. The van der Waals surface area contributed by atoms with Crippen LogP contribution >= 0.6 is 0 Å². The molecule has 25 heteroatoms. The summed E-state index contributed by atoms with van der Waals surface area (Å²) >= 11 is 0. The number of hydrogen-bond donors (Lipinski definition) is 6. The summed E-state index contributed by atoms with van der Waals surface area (Å²) in [5.74, 6) is -0.286. The largest absolute Gasteiger partial charge is 0.379 e. The molecule has 25 nitrogen and oxygen atoms in total. The molecule has 0 spiro atoms. The van der Waals surface area contributed by atoms with Crippen molar-refractivity contribution in [1.82, 2.24) is 31.9 Å². The van der Waals surface area contributed by atoms with Crippen molar-refractivity contribution in [2.24, 2.45) is 11.8 Å². The first-order valence-corrected chi connectivity index (χ1v) is 54.4. The number of hydrogen-bond acceptors (Lipinski definition) is 19. The van der Waals surface area contributed by atoms with Gasteiger partial charge in [-0.25, -0.2) is 0 Å². The molecule has 131 heavy (non-hydrogen) atoms. The van der Waals surface area contributed by atoms with Crippen LogP contribution in [0.4, 0.5) is 0 Å². The van der Waals surface area contributed by atoms with E-state index < -0.39 is 0 Å². The summed E-state index contributed by atoms with van der Waals surface area (Å²) in [4.78, 5) is 101. The van der Waals surface area contributed by atoms with Crippen LogP contribution in [0.15, 0.2) is 0 Å². The summed E-state index contributed by atoms with van der Waals surface area (Å²) in [6, 6.07) is 0. The van der Waals surface area contributed by atoms with Gasteiger partial charge in [0.25, 0.3) is 0 Å². The second-order valence-corrected chi connectivity index (χ2v) is 35.8. The van der Waals surface area contributed by atoms with Crippen molar-refractivity contribution in [1.29, 1.82) is 0 Å². The minimum absolute atomic E-state index is 0.0302. The molecule has 774 valence electrons. The standard InChI is InChI=1S/C54H105N3O10.C52H101N3O9/c1-4-7-9-11-13-15-17-19-21-23-25-32-51(58)49-50(31-27-28-35-55-52(59)33-26-24-22-20-18-16-14-12-10-8-5-2)54(61)57-37-30-39-64-44-47-67-46-43-63-38-29-36-56-53(60)34-40-65-45-48-66-42-41-62-6-3;1-4-7-9-11-13-15-17-19-21-23-25-32-49(56)47-48(31-27-28-35-53-50(57)33-26-24-22-20-18-16-14-12-10-8-5-2)52(59)55-37-30-39-62-44-46-64-45-43-61-38-29-36-54-51(58)34-40-63-42-41-60-6-3/h50H,4-49H2,1-3H3,(H,55,59)(H,56,60)(H,57,61);48H,4-47H2,1-3H3,(H,53,57)(H,54,58)(H,55,59)/t50-;48-/m00/s1. The van der Waals surface area contributed by atoms with E-state index in [1.165, 1.54) is 231 Å². The van der Waals surface area contributed by atoms with Crippen LogP contribution in [0.1, 0.15) is 440 Å². The SMILES string of the molecule is CCCCCCCCCCCCCC(=O)C[C@H](CCCCNC(=O)CCCCCCCCCCCCC)C(=O)NCCCOCCOCCOCCCNC(=O)CCOCCOCC.CCCCCCCCCCCCCC(=O)C[C@H](CCCCNC(=O)CCCCCCCCCCCCC)C(=O)NCCCOCCOCCOCCCNC(=O)CCOCCOCCOCC. The summed E-state index contributed by atoms with van der Waals surface area (Å²) in [7, 11) is 0. The Balaban J connectivity index is 0. The third-order valence-corrected chi connectivity index (χ3v) is 23.5. The second-order valence-electron chi connectivity index (χ2n) is 35.8. The van der Waals surface area contributed by atoms with Crippen LogP contribution in [-0.4, -0.2) is 232 Å². The maximum absolute atomic E-state index is 13.3. The summed E-state index contributed by atoms with van der Waals surface area (Å²) in [6.07, 6.45) is 66.0. The van der Waals surface area contributed by atoms with Crippen LogP contribution in [0.25, 0.3) is 0 Å². The number of nitrogens with one attached hydrogen (secondary N) is 6. The van der Waals surface area contributed by atoms with Crippen molar-refractivity contribution in [2.75, 3.05) is 185 Å². The second kappa shape index (κ2) is 111. The average Bonchev–Trinajstić information content (AvgIpc) is 0.923. The van der Waals surface area contributed by atoms with Gasteiger partial charge in [0.05, 0.1) is 106 Å². The van der Waals surface area contributed by atoms with E-state index in [1.54, 1.807) is 0 Å². The molecule has 2 atom stereocenters. The first-order chi connectivity index (χ1) is 64.4. The van der Waals surface area contributed by atoms with Crippen LogP contribution in [0.2, 0.25) is 0 Å². The van der Waals surface area contributed by atoms with Crippen molar-refractivity contribution in [3.63, 3.8) is 0 Å². The quantitative estimate of drug-likeness (QED) is 0.0308. The molecule has 0 aliphatic carbocycles. The van der Waals surface area contributed by atoms with E-state index in [4.69, 9.17) is 52.1 Å². The fourth-order valence-corrected chi connectivity index (χ4v) is 15.3. The highest BCUT2D eigenvalue weighted by atomic mass is 16.6. The monoisotopic (exact) mass is 1870 g/mol. The molecule has 0 rings (SSSR count). The Hall–Kier alpha value is -4.28. The van der Waals surface area contributed by atoms with E-state index in [0.29, 0.717) is 249 Å². The molecule has 0 fully saturated rings. The molecule has 0 aromatic carbocycles. The van der Waals surface area contributed by atoms with Crippen LogP contribution in [0, 0.1) is 11.8 Å². The van der Waals surface area contributed by atoms with Gasteiger partial charge in [-0.15, -0.1) is 0 Å². The van der Waals surface area contributed by atoms with Gasteiger partial charge in [-0.1, -0.05) is 297 Å². The summed E-state index contributed by atoms with van der Waals surface area (Å²) in [5.41, 5.74) is 0. The summed E-state index contributed by atoms with van der Waals surface area (Å²) in [6.45, 7) is 27.2. The number of carbonyl (C=O) groups is 8. The lowest BCUT2D eigenvalue weighted by molar-refractivity contribution is -0.129. The Morgan fingerprint density at radius 3 is 0.611 bits per heavy atom. The highest BCUT2D eigenvalue weighted by Crippen LogP contribution is 2.22. The molecule has 0 radical (unpaired) electrons. The molecule has 6 N–H and O–H groups in total. The van der Waals surface area contributed by atoms with E-state index in [1.807, 2.05) is 13.8 Å². The molecule has 0 heterocycles. The molecule has 0 bridgehead atoms. The smallest absolute Gasteiger partial charge is 0.223 e. The van der Waals surface area contributed by atoms with E-state index in [-0.39, 0.29) is 71.7 Å². The van der Waals surface area contributed by atoms with Crippen molar-refractivity contribution in [2.45, 2.75) is 440 Å². The molecule has 0 aromatic rings. The Morgan fingerprint density at radius 2 is 0.366 bits per heavy atom. The Labute approximate surface area is 801 Å². The summed E-state index contributed by atoms with van der Waals surface area (Å²) in [5, 5.41) is 18.0. The van der Waals surface area contributed by atoms with E-state index in [0.717, 1.165) is 89.9 Å². The topological polar surface area (TPSA) is 310 Å². The minimum Gasteiger partial charge on any atom is -0.379 e. The molecule has 0 saturated heterocycles. The van der Waals surface area contributed by atoms with Crippen molar-refractivity contribution in [3.8, 4) is 0 Å². The molecular weight excluding hydrogens is 1660 g/mol. The van der Waals surface area contributed by atoms with Crippen molar-refractivity contribution >= 4 is 47.0 Å². The molecule has 0 aromatic heterocycles. The molecule has 6 amide bonds. The fourth-order valence-electron chi connectivity index (χ4n) is 15.3. The number of amides is 6. The lowest BCUT2D eigenvalue weighted by Gasteiger charge is -2.17. The number of rotatable bonds is 109. The van der Waals surface area contributed by atoms with Crippen molar-refractivity contribution < 1.29 is 90.5 Å². The molecule has 0 saturated carbocycles. The molecule has 0 aliphatic rings. The fraction of sp³-hybridized carbons (Fsp3) is 0.925. The highest BCUT2D eigenvalue weighted by molar-refractivity contribution is 5.87. The van der Waals surface area contributed by atoms with E-state index in [9.17, 15) is 38.4 Å². The molecule has 0 aliphatic heterocycles. The first-order valence-electron chi connectivity index (χ1n) is 54.4. The van der Waals surface area contributed by atoms with Gasteiger partial charge in [-0.3, -0.25) is 38.4 Å². The number of unbranched alkanes of at least 4 members (excludes halogenated alkanes) is 42. The Morgan fingerprint density at radius 1 is 0.176 bits per heavy atom. The molecular formula is C106H206N6O19. The number of ether oxygens (including phenoxy) is 11. The van der Waals surface area contributed by atoms with Gasteiger partial charge in [0, 0.05) is 142 Å². The third-order valence-electron chi connectivity index (χ3n) is 23.5. The van der Waals surface area contributed by atoms with Gasteiger partial charge in [-0.2, -0.15) is 0 Å². The highest BCUT2D eigenvalue weighted by Gasteiger charge is 2.24. The van der Waals surface area contributed by atoms with Gasteiger partial charge in [-0.05, 0) is 90.9 Å². The van der Waals surface area contributed by atoms with E-state index >= 15 is 0 Å². The number of ketones is 2. The zero-order valence-electron chi connectivity index (χ0n) is 85.6. The van der Waals surface area contributed by atoms with Gasteiger partial charge in [0.1, 0.15) is 11.6 Å². The normalized spacial score (nSPS) is 11.8. The van der Waals surface area contributed by atoms with Gasteiger partial charge in [0.15, 0.2) is 0 Å². The van der Waals surface area contributed by atoms with Gasteiger partial charge < -0.3 is 84.0 Å². The van der Waals surface area contributed by atoms with Crippen LogP contribution in [0.3, 0.4) is 0 Å². The van der Waals surface area contributed by atoms with Gasteiger partial charge >= 0.3 is 0 Å². The lowest BCUT2D eigenvalue weighted by atomic mass is 9.93. The number of Topliss-reactive ketones (excluding diaryl/α,β-unsaturated/α-hetero) is 2. The van der Waals surface area contributed by atoms with E-state index in [2.05, 4.69) is 59.6 Å². The van der Waals surface area contributed by atoms with Crippen LogP contribution in [0.5, 0.6) is 0 Å². The maximum Gasteiger partial charge on any atom is 0.223 e. The predicted molar refractivity (Wildman–Crippen MR) is 534 cm³/mol. The minimum atomic E-state index is -0.347. The van der Waals surface area contributed by atoms with Gasteiger partial charge in [0.2, 0.25) is 35.4 Å². The average molecular weight is 1870 g/mol. The maximum atomic E-state index is 13.3. The lowest BCUT2D eigenvalue weighted by Crippen LogP contribution is -2.33. The zero-order chi connectivity index (χ0) is 95.4. The van der Waals surface area contributed by atoms with Crippen molar-refractivity contribution in [3.05, 3.63) is 0 Å². The molecule has 0 unspecified atom stereocenters. The predicted octanol–water partition coefficient (Wildman–Crippen LogP) is 21.5. The number of carbonyl (C=O) groups excluding carboxylic acids is 8. The third kappa shape index (κ3) is 106. The Bertz CT molecular complexity index is 2440. The van der Waals surface area contributed by atoms with Crippen LogP contribution < -0.4 is 31.9 Å². The zero-order valence-corrected chi connectivity index (χ0v) is 85.6. The first kappa shape index (κ1) is 129.